The Morgan fingerprint density at radius 2 is 1.23 bits per heavy atom. The van der Waals surface area contributed by atoms with Crippen molar-refractivity contribution in [1.82, 2.24) is 0 Å². The fourth-order valence-electron chi connectivity index (χ4n) is 3.67. The van der Waals surface area contributed by atoms with Crippen LogP contribution in [-0.4, -0.2) is 0 Å². The van der Waals surface area contributed by atoms with Gasteiger partial charge in [0.15, 0.2) is 0 Å². The number of hydrogen-bond donors (Lipinski definition) is 0. The van der Waals surface area contributed by atoms with Gasteiger partial charge in [-0.15, -0.1) is 0 Å². The normalized spacial score (nSPS) is 11.3. The molecule has 0 fully saturated rings. The van der Waals surface area contributed by atoms with E-state index in [4.69, 9.17) is 0 Å². The van der Waals surface area contributed by atoms with Gasteiger partial charge < -0.3 is 4.90 Å². The molecule has 0 atom stereocenters. The van der Waals surface area contributed by atoms with Gasteiger partial charge in [-0.05, 0) is 52.9 Å². The van der Waals surface area contributed by atoms with Crippen LogP contribution in [0, 0.1) is 0 Å². The Kier molecular flexibility index (Phi) is 5.78. The Bertz CT molecular complexity index is 1130. The average molecular weight is 456 g/mol. The summed E-state index contributed by atoms with van der Waals surface area (Å²) in [7, 11) is 0. The summed E-state index contributed by atoms with van der Waals surface area (Å²) in [5.74, 6) is 0. The lowest BCUT2D eigenvalue weighted by Crippen LogP contribution is -2.15. The third-order valence-electron chi connectivity index (χ3n) is 5.25. The molecule has 1 nitrogen and oxygen atoms in total. The molecule has 0 aliphatic carbocycles. The Labute approximate surface area is 188 Å². The molecule has 0 aliphatic rings. The van der Waals surface area contributed by atoms with Gasteiger partial charge in [-0.3, -0.25) is 0 Å². The van der Waals surface area contributed by atoms with Crippen molar-refractivity contribution in [2.75, 3.05) is 4.90 Å². The van der Waals surface area contributed by atoms with Crippen LogP contribution in [0.15, 0.2) is 108 Å². The van der Waals surface area contributed by atoms with E-state index in [0.29, 0.717) is 0 Å². The summed E-state index contributed by atoms with van der Waals surface area (Å²) in [4.78, 5) is 2.35. The third kappa shape index (κ3) is 4.34. The van der Waals surface area contributed by atoms with E-state index in [1.165, 1.54) is 16.7 Å². The number of nitrogens with zero attached hydrogens (tertiary/aromatic N) is 1. The van der Waals surface area contributed by atoms with Crippen LogP contribution in [-0.2, 0) is 5.41 Å². The molecule has 0 saturated heterocycles. The third-order valence-corrected chi connectivity index (χ3v) is 5.71. The van der Waals surface area contributed by atoms with Crippen LogP contribution in [0.25, 0.3) is 11.1 Å². The van der Waals surface area contributed by atoms with Crippen molar-refractivity contribution in [3.63, 3.8) is 0 Å². The van der Waals surface area contributed by atoms with Crippen molar-refractivity contribution in [3.8, 4) is 11.1 Å². The number of hydrogen-bond acceptors (Lipinski definition) is 1. The zero-order valence-electron chi connectivity index (χ0n) is 17.6. The minimum Gasteiger partial charge on any atom is -0.310 e. The number of rotatable bonds is 4. The summed E-state index contributed by atoms with van der Waals surface area (Å²) >= 11 is 3.76. The lowest BCUT2D eigenvalue weighted by molar-refractivity contribution is 0.590. The van der Waals surface area contributed by atoms with Gasteiger partial charge in [-0.2, -0.15) is 0 Å². The Morgan fingerprint density at radius 1 is 0.633 bits per heavy atom. The quantitative estimate of drug-likeness (QED) is 0.296. The average Bonchev–Trinajstić information content (AvgIpc) is 2.75. The Morgan fingerprint density at radius 3 is 1.90 bits per heavy atom. The van der Waals surface area contributed by atoms with Crippen LogP contribution in [0.4, 0.5) is 17.1 Å². The van der Waals surface area contributed by atoms with Crippen LogP contribution in [0.3, 0.4) is 0 Å². The standard InChI is InChI=1S/C28H26BrN/c1-28(2,3)22-18-23(29)20-25(19-22)30(24-14-8-5-9-15-24)27-17-11-10-16-26(27)21-12-6-4-7-13-21/h4-20H,1-3H3. The largest absolute Gasteiger partial charge is 0.310 e. The minimum absolute atomic E-state index is 0.0554. The molecule has 4 rings (SSSR count). The minimum atomic E-state index is 0.0554. The molecular formula is C28H26BrN. The second-order valence-corrected chi connectivity index (χ2v) is 9.42. The summed E-state index contributed by atoms with van der Waals surface area (Å²) in [5.41, 5.74) is 7.21. The van der Waals surface area contributed by atoms with Crippen molar-refractivity contribution in [3.05, 3.63) is 113 Å². The van der Waals surface area contributed by atoms with Crippen LogP contribution in [0.2, 0.25) is 0 Å². The maximum Gasteiger partial charge on any atom is 0.0540 e. The van der Waals surface area contributed by atoms with Crippen LogP contribution < -0.4 is 4.90 Å². The molecule has 0 bridgehead atoms. The van der Waals surface area contributed by atoms with E-state index in [0.717, 1.165) is 21.5 Å². The van der Waals surface area contributed by atoms with Crippen LogP contribution >= 0.6 is 15.9 Å². The predicted octanol–water partition coefficient (Wildman–Crippen LogP) is 8.88. The van der Waals surface area contributed by atoms with Crippen molar-refractivity contribution in [2.45, 2.75) is 26.2 Å². The van der Waals surface area contributed by atoms with E-state index in [9.17, 15) is 0 Å². The SMILES string of the molecule is CC(C)(C)c1cc(Br)cc(N(c2ccccc2)c2ccccc2-c2ccccc2)c1. The molecule has 0 radical (unpaired) electrons. The molecule has 0 aliphatic heterocycles. The molecule has 0 heterocycles. The lowest BCUT2D eigenvalue weighted by Gasteiger charge is -2.30. The van der Waals surface area contributed by atoms with Gasteiger partial charge in [0.1, 0.15) is 0 Å². The van der Waals surface area contributed by atoms with Gasteiger partial charge in [0, 0.05) is 21.4 Å². The molecule has 4 aromatic rings. The summed E-state index contributed by atoms with van der Waals surface area (Å²) < 4.78 is 1.09. The second kappa shape index (κ2) is 8.49. The fourth-order valence-corrected chi connectivity index (χ4v) is 4.15. The van der Waals surface area contributed by atoms with Gasteiger partial charge in [0.2, 0.25) is 0 Å². The highest BCUT2D eigenvalue weighted by molar-refractivity contribution is 9.10. The van der Waals surface area contributed by atoms with Crippen LogP contribution in [0.1, 0.15) is 26.3 Å². The van der Waals surface area contributed by atoms with Gasteiger partial charge in [-0.25, -0.2) is 0 Å². The van der Waals surface area contributed by atoms with Crippen molar-refractivity contribution in [2.24, 2.45) is 0 Å². The summed E-state index contributed by atoms with van der Waals surface area (Å²) in [6.45, 7) is 6.76. The van der Waals surface area contributed by atoms with Crippen LogP contribution in [0.5, 0.6) is 0 Å². The highest BCUT2D eigenvalue weighted by Crippen LogP contribution is 2.42. The van der Waals surface area contributed by atoms with E-state index in [1.807, 2.05) is 0 Å². The lowest BCUT2D eigenvalue weighted by atomic mass is 9.86. The fraction of sp³-hybridized carbons (Fsp3) is 0.143. The number of benzene rings is 4. The molecule has 0 N–H and O–H groups in total. The van der Waals surface area contributed by atoms with E-state index < -0.39 is 0 Å². The number of halogens is 1. The molecule has 30 heavy (non-hydrogen) atoms. The molecule has 2 heteroatoms. The molecule has 0 saturated carbocycles. The highest BCUT2D eigenvalue weighted by Gasteiger charge is 2.20. The van der Waals surface area contributed by atoms with E-state index >= 15 is 0 Å². The topological polar surface area (TPSA) is 3.24 Å². The van der Waals surface area contributed by atoms with E-state index in [1.54, 1.807) is 0 Å². The van der Waals surface area contributed by atoms with E-state index in [-0.39, 0.29) is 5.41 Å². The molecule has 0 aromatic heterocycles. The van der Waals surface area contributed by atoms with Gasteiger partial charge in [0.25, 0.3) is 0 Å². The predicted molar refractivity (Wildman–Crippen MR) is 133 cm³/mol. The first-order chi connectivity index (χ1) is 14.4. The van der Waals surface area contributed by atoms with Crippen molar-refractivity contribution >= 4 is 33.0 Å². The summed E-state index contributed by atoms with van der Waals surface area (Å²) in [6, 6.07) is 36.5. The molecule has 0 unspecified atom stereocenters. The number of para-hydroxylation sites is 2. The van der Waals surface area contributed by atoms with Crippen molar-refractivity contribution < 1.29 is 0 Å². The summed E-state index contributed by atoms with van der Waals surface area (Å²) in [6.07, 6.45) is 0. The zero-order valence-corrected chi connectivity index (χ0v) is 19.2. The molecule has 4 aromatic carbocycles. The van der Waals surface area contributed by atoms with Gasteiger partial charge in [-0.1, -0.05) is 103 Å². The molecule has 150 valence electrons. The molecule has 0 spiro atoms. The molecular weight excluding hydrogens is 430 g/mol. The first-order valence-electron chi connectivity index (χ1n) is 10.2. The number of anilines is 3. The monoisotopic (exact) mass is 455 g/mol. The van der Waals surface area contributed by atoms with Crippen molar-refractivity contribution in [1.29, 1.82) is 0 Å². The maximum atomic E-state index is 3.76. The van der Waals surface area contributed by atoms with Gasteiger partial charge >= 0.3 is 0 Å². The first kappa shape index (κ1) is 20.4. The second-order valence-electron chi connectivity index (χ2n) is 8.50. The molecule has 0 amide bonds. The highest BCUT2D eigenvalue weighted by atomic mass is 79.9. The smallest absolute Gasteiger partial charge is 0.0540 e. The maximum absolute atomic E-state index is 3.76. The Hall–Kier alpha value is -2.84. The zero-order chi connectivity index (χ0) is 21.1. The Balaban J connectivity index is 1.97. The van der Waals surface area contributed by atoms with Gasteiger partial charge in [0.05, 0.1) is 5.69 Å². The van der Waals surface area contributed by atoms with E-state index in [2.05, 4.69) is 145 Å². The first-order valence-corrected chi connectivity index (χ1v) is 11.0. The summed E-state index contributed by atoms with van der Waals surface area (Å²) in [5, 5.41) is 0.